The topological polar surface area (TPSA) is 111 Å². The summed E-state index contributed by atoms with van der Waals surface area (Å²) in [5, 5.41) is 3.87. The van der Waals surface area contributed by atoms with Crippen LogP contribution in [-0.2, 0) is 26.2 Å². The van der Waals surface area contributed by atoms with Gasteiger partial charge in [0.05, 0.1) is 24.8 Å². The summed E-state index contributed by atoms with van der Waals surface area (Å²) >= 11 is 0. The number of ether oxygens (including phenoxy) is 1. The van der Waals surface area contributed by atoms with E-state index in [0.717, 1.165) is 16.5 Å². The molecule has 0 radical (unpaired) electrons. The van der Waals surface area contributed by atoms with E-state index in [1.165, 1.54) is 0 Å². The molecule has 30 heavy (non-hydrogen) atoms. The maximum atomic E-state index is 13.1. The average Bonchev–Trinajstić information content (AvgIpc) is 2.74. The molecule has 0 bridgehead atoms. The lowest BCUT2D eigenvalue weighted by molar-refractivity contribution is -0.124. The van der Waals surface area contributed by atoms with Gasteiger partial charge in [-0.2, -0.15) is 4.72 Å². The highest BCUT2D eigenvalue weighted by molar-refractivity contribution is 7.89. The van der Waals surface area contributed by atoms with Gasteiger partial charge in [-0.1, -0.05) is 60.7 Å². The fraction of sp³-hybridized carbons (Fsp3) is 0.227. The highest BCUT2D eigenvalue weighted by Crippen LogP contribution is 2.26. The summed E-state index contributed by atoms with van der Waals surface area (Å²) in [5.41, 5.74) is 7.29. The van der Waals surface area contributed by atoms with E-state index in [0.29, 0.717) is 5.39 Å². The van der Waals surface area contributed by atoms with E-state index in [1.54, 1.807) is 24.3 Å². The Kier molecular flexibility index (Phi) is 7.17. The second-order valence-corrected chi connectivity index (χ2v) is 8.53. The molecular weight excluding hydrogens is 402 g/mol. The van der Waals surface area contributed by atoms with E-state index < -0.39 is 22.0 Å². The summed E-state index contributed by atoms with van der Waals surface area (Å²) in [5.74, 6) is -0.550. The number of benzene rings is 3. The first-order valence-corrected chi connectivity index (χ1v) is 11.0. The van der Waals surface area contributed by atoms with Crippen LogP contribution in [0.25, 0.3) is 10.8 Å². The number of hydrogen-bond acceptors (Lipinski definition) is 5. The Balaban J connectivity index is 1.82. The second kappa shape index (κ2) is 9.82. The Morgan fingerprint density at radius 3 is 2.37 bits per heavy atom. The van der Waals surface area contributed by atoms with Crippen LogP contribution in [-0.4, -0.2) is 33.6 Å². The van der Waals surface area contributed by atoms with Crippen LogP contribution in [0.15, 0.2) is 71.6 Å². The van der Waals surface area contributed by atoms with E-state index in [9.17, 15) is 13.2 Å². The highest BCUT2D eigenvalue weighted by atomic mass is 32.2. The van der Waals surface area contributed by atoms with Gasteiger partial charge in [0.25, 0.3) is 0 Å². The van der Waals surface area contributed by atoms with Gasteiger partial charge < -0.3 is 15.8 Å². The van der Waals surface area contributed by atoms with Gasteiger partial charge in [0.2, 0.25) is 15.9 Å². The second-order valence-electron chi connectivity index (χ2n) is 6.85. The van der Waals surface area contributed by atoms with Crippen molar-refractivity contribution in [3.63, 3.8) is 0 Å². The average molecular weight is 428 g/mol. The first-order valence-electron chi connectivity index (χ1n) is 9.52. The van der Waals surface area contributed by atoms with Gasteiger partial charge >= 0.3 is 0 Å². The number of carbonyl (C=O) groups excluding carboxylic acids is 1. The lowest BCUT2D eigenvalue weighted by atomic mass is 10.1. The third-order valence-electron chi connectivity index (χ3n) is 4.68. The van der Waals surface area contributed by atoms with E-state index in [2.05, 4.69) is 10.0 Å². The number of fused-ring (bicyclic) bond motifs is 1. The lowest BCUT2D eigenvalue weighted by Gasteiger charge is -2.19. The third-order valence-corrected chi connectivity index (χ3v) is 6.21. The normalized spacial score (nSPS) is 12.6. The quantitative estimate of drug-likeness (QED) is 0.453. The maximum absolute atomic E-state index is 13.1. The molecule has 3 rings (SSSR count). The maximum Gasteiger partial charge on any atom is 0.241 e. The van der Waals surface area contributed by atoms with Crippen molar-refractivity contribution in [2.75, 3.05) is 13.3 Å². The van der Waals surface area contributed by atoms with Crippen molar-refractivity contribution in [2.24, 2.45) is 5.73 Å². The molecule has 158 valence electrons. The largest absolute Gasteiger partial charge is 0.375 e. The smallest absolute Gasteiger partial charge is 0.241 e. The summed E-state index contributed by atoms with van der Waals surface area (Å²) in [6.45, 7) is 1.93. The van der Waals surface area contributed by atoms with Crippen molar-refractivity contribution >= 4 is 26.7 Å². The molecule has 1 atom stereocenters. The third kappa shape index (κ3) is 5.22. The number of rotatable bonds is 9. The molecule has 0 aliphatic rings. The van der Waals surface area contributed by atoms with Crippen LogP contribution in [0.5, 0.6) is 0 Å². The number of hydrogen-bond donors (Lipinski definition) is 3. The van der Waals surface area contributed by atoms with E-state index in [1.807, 2.05) is 49.4 Å². The molecule has 0 spiro atoms. The monoisotopic (exact) mass is 427 g/mol. The Morgan fingerprint density at radius 2 is 1.67 bits per heavy atom. The Labute approximate surface area is 176 Å². The minimum atomic E-state index is -3.99. The van der Waals surface area contributed by atoms with Crippen LogP contribution in [0.1, 0.15) is 11.1 Å². The number of nitrogens with two attached hydrogens (primary N) is 1. The number of aryl methyl sites for hydroxylation is 1. The van der Waals surface area contributed by atoms with Crippen molar-refractivity contribution < 1.29 is 17.9 Å². The van der Waals surface area contributed by atoms with E-state index >= 15 is 0 Å². The zero-order valence-electron chi connectivity index (χ0n) is 16.7. The minimum Gasteiger partial charge on any atom is -0.375 e. The van der Waals surface area contributed by atoms with Gasteiger partial charge in [-0.3, -0.25) is 4.79 Å². The molecule has 1 amide bonds. The number of carbonyl (C=O) groups is 1. The van der Waals surface area contributed by atoms with Gasteiger partial charge in [-0.25, -0.2) is 8.42 Å². The predicted molar refractivity (Wildman–Crippen MR) is 116 cm³/mol. The zero-order valence-corrected chi connectivity index (χ0v) is 17.5. The first-order chi connectivity index (χ1) is 14.4. The van der Waals surface area contributed by atoms with Gasteiger partial charge in [0.15, 0.2) is 0 Å². The van der Waals surface area contributed by atoms with Crippen molar-refractivity contribution in [3.05, 3.63) is 77.9 Å². The van der Waals surface area contributed by atoms with Gasteiger partial charge in [-0.15, -0.1) is 0 Å². The summed E-state index contributed by atoms with van der Waals surface area (Å²) in [7, 11) is -3.99. The minimum absolute atomic E-state index is 0.108. The number of amides is 1. The van der Waals surface area contributed by atoms with Crippen LogP contribution in [0.3, 0.4) is 0 Å². The summed E-state index contributed by atoms with van der Waals surface area (Å²) < 4.78 is 34.3. The van der Waals surface area contributed by atoms with E-state index in [4.69, 9.17) is 10.5 Å². The van der Waals surface area contributed by atoms with E-state index in [-0.39, 0.29) is 24.8 Å². The fourth-order valence-electron chi connectivity index (χ4n) is 3.16. The van der Waals surface area contributed by atoms with Gasteiger partial charge in [0.1, 0.15) is 6.04 Å². The molecule has 0 fully saturated rings. The van der Waals surface area contributed by atoms with Crippen molar-refractivity contribution in [1.82, 2.24) is 10.0 Å². The molecule has 0 aliphatic carbocycles. The molecule has 7 nitrogen and oxygen atoms in total. The van der Waals surface area contributed by atoms with Crippen LogP contribution in [0, 0.1) is 6.92 Å². The SMILES string of the molecule is Cc1ccc(S(=O)(=O)N[C@H](COCc2ccccc2)C(=O)NCN)c2ccccc12. The molecule has 0 heterocycles. The first kappa shape index (κ1) is 21.9. The Morgan fingerprint density at radius 1 is 1.00 bits per heavy atom. The zero-order chi connectivity index (χ0) is 21.6. The highest BCUT2D eigenvalue weighted by Gasteiger charge is 2.27. The summed E-state index contributed by atoms with van der Waals surface area (Å²) in [6, 6.07) is 18.8. The summed E-state index contributed by atoms with van der Waals surface area (Å²) in [4.78, 5) is 12.5. The molecule has 4 N–H and O–H groups in total. The van der Waals surface area contributed by atoms with Crippen LogP contribution >= 0.6 is 0 Å². The Hall–Kier alpha value is -2.78. The molecular formula is C22H25N3O4S. The molecule has 3 aromatic rings. The molecule has 0 saturated heterocycles. The lowest BCUT2D eigenvalue weighted by Crippen LogP contribution is -2.50. The van der Waals surface area contributed by atoms with Crippen LogP contribution in [0.4, 0.5) is 0 Å². The molecule has 8 heteroatoms. The van der Waals surface area contributed by atoms with Gasteiger partial charge in [0, 0.05) is 5.39 Å². The van der Waals surface area contributed by atoms with Crippen molar-refractivity contribution in [1.29, 1.82) is 0 Å². The number of nitrogens with one attached hydrogen (secondary N) is 2. The fourth-order valence-corrected chi connectivity index (χ4v) is 4.55. The Bertz CT molecular complexity index is 1120. The van der Waals surface area contributed by atoms with Crippen molar-refractivity contribution in [2.45, 2.75) is 24.5 Å². The van der Waals surface area contributed by atoms with Crippen LogP contribution < -0.4 is 15.8 Å². The number of sulfonamides is 1. The molecule has 0 unspecified atom stereocenters. The predicted octanol–water partition coefficient (Wildman–Crippen LogP) is 2.04. The van der Waals surface area contributed by atoms with Gasteiger partial charge in [-0.05, 0) is 29.5 Å². The molecule has 0 saturated carbocycles. The standard InChI is InChI=1S/C22H25N3O4S/c1-16-11-12-21(19-10-6-5-9-18(16)19)30(27,28)25-20(22(26)24-15-23)14-29-13-17-7-3-2-4-8-17/h2-12,20,25H,13-15,23H2,1H3,(H,24,26)/t20-/m1/s1. The molecule has 0 aromatic heterocycles. The van der Waals surface area contributed by atoms with Crippen LogP contribution in [0.2, 0.25) is 0 Å². The van der Waals surface area contributed by atoms with Crippen molar-refractivity contribution in [3.8, 4) is 0 Å². The molecule has 3 aromatic carbocycles. The summed E-state index contributed by atoms with van der Waals surface area (Å²) in [6.07, 6.45) is 0. The molecule has 0 aliphatic heterocycles.